The van der Waals surface area contributed by atoms with Crippen LogP contribution in [0.25, 0.3) is 38.5 Å². The SMILES string of the molecule is N=C/C(=C\C(=N)c1ccccc1)n1c2ccccc2c2ccc3ccoc3c21. The summed E-state index contributed by atoms with van der Waals surface area (Å²) < 4.78 is 7.82. The van der Waals surface area contributed by atoms with Crippen LogP contribution in [0, 0.1) is 10.8 Å². The second-order valence-corrected chi connectivity index (χ2v) is 6.65. The molecule has 0 spiro atoms. The van der Waals surface area contributed by atoms with E-state index in [9.17, 15) is 0 Å². The van der Waals surface area contributed by atoms with Gasteiger partial charge in [-0.25, -0.2) is 0 Å². The highest BCUT2D eigenvalue weighted by Gasteiger charge is 2.17. The number of aromatic nitrogens is 1. The zero-order chi connectivity index (χ0) is 19.1. The maximum absolute atomic E-state index is 8.50. The number of hydrogen-bond acceptors (Lipinski definition) is 3. The molecular weight excluding hydrogens is 346 g/mol. The van der Waals surface area contributed by atoms with Crippen molar-refractivity contribution < 1.29 is 4.42 Å². The van der Waals surface area contributed by atoms with Gasteiger partial charge in [0.25, 0.3) is 0 Å². The van der Waals surface area contributed by atoms with Gasteiger partial charge in [0.05, 0.1) is 28.7 Å². The smallest absolute Gasteiger partial charge is 0.158 e. The van der Waals surface area contributed by atoms with E-state index in [1.165, 1.54) is 6.21 Å². The molecule has 5 aromatic rings. The number of benzene rings is 3. The number of nitrogens with zero attached hydrogens (tertiary/aromatic N) is 1. The van der Waals surface area contributed by atoms with E-state index in [1.807, 2.05) is 59.2 Å². The number of hydrogen-bond donors (Lipinski definition) is 2. The maximum Gasteiger partial charge on any atom is 0.158 e. The minimum Gasteiger partial charge on any atom is -0.462 e. The van der Waals surface area contributed by atoms with E-state index in [0.29, 0.717) is 11.4 Å². The summed E-state index contributed by atoms with van der Waals surface area (Å²) in [5, 5.41) is 19.7. The molecule has 3 aromatic carbocycles. The molecule has 0 amide bonds. The lowest BCUT2D eigenvalue weighted by Crippen LogP contribution is -2.03. The molecule has 0 atom stereocenters. The predicted octanol–water partition coefficient (Wildman–Crippen LogP) is 6.10. The Kier molecular flexibility index (Phi) is 3.69. The van der Waals surface area contributed by atoms with Gasteiger partial charge in [-0.05, 0) is 23.8 Å². The van der Waals surface area contributed by atoms with E-state index >= 15 is 0 Å². The topological polar surface area (TPSA) is 65.8 Å². The molecule has 5 rings (SSSR count). The number of nitrogens with one attached hydrogen (secondary N) is 2. The van der Waals surface area contributed by atoms with Crippen LogP contribution in [0.5, 0.6) is 0 Å². The molecule has 2 aromatic heterocycles. The Morgan fingerprint density at radius 2 is 1.64 bits per heavy atom. The summed E-state index contributed by atoms with van der Waals surface area (Å²) in [6.07, 6.45) is 4.72. The standard InChI is InChI=1S/C24H17N3O/c25-15-18(14-21(26)16-6-2-1-3-7-16)27-22-9-5-4-8-19(22)20-11-10-17-12-13-28-24(17)23(20)27/h1-15,25-26H/b18-14+,25-15?,26-21?. The first kappa shape index (κ1) is 16.3. The van der Waals surface area contributed by atoms with Gasteiger partial charge in [-0.15, -0.1) is 0 Å². The van der Waals surface area contributed by atoms with E-state index in [0.717, 1.165) is 38.3 Å². The summed E-state index contributed by atoms with van der Waals surface area (Å²) in [6, 6.07) is 23.8. The van der Waals surface area contributed by atoms with Crippen molar-refractivity contribution in [3.63, 3.8) is 0 Å². The Hall–Kier alpha value is -3.92. The van der Waals surface area contributed by atoms with Crippen molar-refractivity contribution in [1.82, 2.24) is 4.57 Å². The molecule has 0 aliphatic carbocycles. The van der Waals surface area contributed by atoms with Gasteiger partial charge < -0.3 is 19.8 Å². The molecule has 0 aliphatic heterocycles. The first-order valence-electron chi connectivity index (χ1n) is 9.04. The van der Waals surface area contributed by atoms with Gasteiger partial charge in [-0.1, -0.05) is 60.7 Å². The third kappa shape index (κ3) is 2.39. The predicted molar refractivity (Wildman–Crippen MR) is 116 cm³/mol. The van der Waals surface area contributed by atoms with Crippen molar-refractivity contribution in [1.29, 1.82) is 10.8 Å². The molecule has 0 bridgehead atoms. The zero-order valence-corrected chi connectivity index (χ0v) is 15.0. The number of fused-ring (bicyclic) bond motifs is 5. The van der Waals surface area contributed by atoms with Crippen LogP contribution in [0.3, 0.4) is 0 Å². The Balaban J connectivity index is 1.85. The number of rotatable bonds is 4. The first-order valence-corrected chi connectivity index (χ1v) is 9.04. The van der Waals surface area contributed by atoms with Crippen molar-refractivity contribution in [2.75, 3.05) is 0 Å². The summed E-state index contributed by atoms with van der Waals surface area (Å²) in [6.45, 7) is 0. The third-order valence-electron chi connectivity index (χ3n) is 5.04. The molecule has 0 radical (unpaired) electrons. The Morgan fingerprint density at radius 3 is 2.46 bits per heavy atom. The van der Waals surface area contributed by atoms with Crippen LogP contribution >= 0.6 is 0 Å². The van der Waals surface area contributed by atoms with E-state index < -0.39 is 0 Å². The molecule has 2 heterocycles. The van der Waals surface area contributed by atoms with Crippen LogP contribution in [-0.4, -0.2) is 16.5 Å². The summed E-state index contributed by atoms with van der Waals surface area (Å²) >= 11 is 0. The molecule has 0 fully saturated rings. The van der Waals surface area contributed by atoms with E-state index in [4.69, 9.17) is 15.2 Å². The Bertz CT molecular complexity index is 1390. The normalized spacial score (nSPS) is 12.1. The van der Waals surface area contributed by atoms with Gasteiger partial charge >= 0.3 is 0 Å². The Labute approximate surface area is 161 Å². The third-order valence-corrected chi connectivity index (χ3v) is 5.04. The van der Waals surface area contributed by atoms with Crippen molar-refractivity contribution in [2.45, 2.75) is 0 Å². The van der Waals surface area contributed by atoms with Crippen LogP contribution in [0.4, 0.5) is 0 Å². The molecule has 0 aliphatic rings. The molecule has 0 saturated heterocycles. The van der Waals surface area contributed by atoms with Crippen LogP contribution in [-0.2, 0) is 0 Å². The fourth-order valence-corrected chi connectivity index (χ4v) is 3.76. The lowest BCUT2D eigenvalue weighted by Gasteiger charge is -2.09. The van der Waals surface area contributed by atoms with Crippen molar-refractivity contribution in [3.8, 4) is 0 Å². The summed E-state index contributed by atoms with van der Waals surface area (Å²) in [4.78, 5) is 0. The molecule has 2 N–H and O–H groups in total. The second-order valence-electron chi connectivity index (χ2n) is 6.65. The average Bonchev–Trinajstić information content (AvgIpc) is 3.35. The minimum atomic E-state index is 0.358. The molecule has 4 nitrogen and oxygen atoms in total. The fourth-order valence-electron chi connectivity index (χ4n) is 3.76. The van der Waals surface area contributed by atoms with Gasteiger partial charge in [0.2, 0.25) is 0 Å². The molecule has 4 heteroatoms. The largest absolute Gasteiger partial charge is 0.462 e. The number of para-hydroxylation sites is 1. The van der Waals surface area contributed by atoms with Crippen LogP contribution < -0.4 is 0 Å². The van der Waals surface area contributed by atoms with Crippen molar-refractivity contribution in [2.24, 2.45) is 0 Å². The monoisotopic (exact) mass is 363 g/mol. The van der Waals surface area contributed by atoms with Gasteiger partial charge in [0.15, 0.2) is 5.58 Å². The molecule has 0 saturated carbocycles. The fraction of sp³-hybridized carbons (Fsp3) is 0. The first-order chi connectivity index (χ1) is 13.8. The van der Waals surface area contributed by atoms with Crippen LogP contribution in [0.15, 0.2) is 89.6 Å². The number of furan rings is 1. The number of allylic oxidation sites excluding steroid dienone is 2. The quantitative estimate of drug-likeness (QED) is 0.372. The highest BCUT2D eigenvalue weighted by atomic mass is 16.3. The lowest BCUT2D eigenvalue weighted by molar-refractivity contribution is 0.618. The second kappa shape index (κ2) is 6.35. The van der Waals surface area contributed by atoms with E-state index in [-0.39, 0.29) is 0 Å². The van der Waals surface area contributed by atoms with Crippen LogP contribution in [0.2, 0.25) is 0 Å². The van der Waals surface area contributed by atoms with Crippen molar-refractivity contribution >= 4 is 50.4 Å². The Morgan fingerprint density at radius 1 is 0.857 bits per heavy atom. The van der Waals surface area contributed by atoms with Crippen molar-refractivity contribution in [3.05, 3.63) is 90.7 Å². The summed E-state index contributed by atoms with van der Waals surface area (Å²) in [7, 11) is 0. The van der Waals surface area contributed by atoms with E-state index in [1.54, 1.807) is 12.3 Å². The summed E-state index contributed by atoms with van der Waals surface area (Å²) in [5.41, 5.74) is 4.47. The highest BCUT2D eigenvalue weighted by molar-refractivity contribution is 6.23. The molecule has 0 unspecified atom stereocenters. The van der Waals surface area contributed by atoms with Gasteiger partial charge in [0, 0.05) is 22.4 Å². The minimum absolute atomic E-state index is 0.358. The zero-order valence-electron chi connectivity index (χ0n) is 15.0. The molecular formula is C24H17N3O. The van der Waals surface area contributed by atoms with Gasteiger partial charge in [-0.3, -0.25) is 0 Å². The van der Waals surface area contributed by atoms with Gasteiger partial charge in [0.1, 0.15) is 0 Å². The maximum atomic E-state index is 8.50. The lowest BCUT2D eigenvalue weighted by atomic mass is 10.1. The van der Waals surface area contributed by atoms with Gasteiger partial charge in [-0.2, -0.15) is 0 Å². The molecule has 134 valence electrons. The van der Waals surface area contributed by atoms with Crippen LogP contribution in [0.1, 0.15) is 5.56 Å². The molecule has 28 heavy (non-hydrogen) atoms. The highest BCUT2D eigenvalue weighted by Crippen LogP contribution is 2.36. The van der Waals surface area contributed by atoms with E-state index in [2.05, 4.69) is 18.2 Å². The summed E-state index contributed by atoms with van der Waals surface area (Å²) in [5.74, 6) is 0. The average molecular weight is 363 g/mol.